The van der Waals surface area contributed by atoms with E-state index in [-0.39, 0.29) is 0 Å². The van der Waals surface area contributed by atoms with Crippen molar-refractivity contribution in [3.05, 3.63) is 30.1 Å². The monoisotopic (exact) mass is 259 g/mol. The number of rotatable bonds is 6. The zero-order valence-corrected chi connectivity index (χ0v) is 12.5. The molecule has 3 heteroatoms. The highest BCUT2D eigenvalue weighted by Gasteiger charge is 2.20. The molecule has 0 radical (unpaired) electrons. The van der Waals surface area contributed by atoms with Gasteiger partial charge in [0.1, 0.15) is 5.82 Å². The molecular formula is C16H25N3. The SMILES string of the molecule is CCNC(CC)C(C)n1c(CC)nc2ccccc21. The first kappa shape index (κ1) is 14.1. The molecule has 2 rings (SSSR count). The number of fused-ring (bicyclic) bond motifs is 1. The summed E-state index contributed by atoms with van der Waals surface area (Å²) in [6.45, 7) is 9.90. The van der Waals surface area contributed by atoms with Crippen LogP contribution in [0.2, 0.25) is 0 Å². The molecule has 104 valence electrons. The van der Waals surface area contributed by atoms with E-state index >= 15 is 0 Å². The zero-order valence-electron chi connectivity index (χ0n) is 12.5. The van der Waals surface area contributed by atoms with Gasteiger partial charge in [0.25, 0.3) is 0 Å². The van der Waals surface area contributed by atoms with Crippen molar-refractivity contribution >= 4 is 11.0 Å². The second-order valence-corrected chi connectivity index (χ2v) is 5.05. The van der Waals surface area contributed by atoms with E-state index in [0.717, 1.165) is 24.9 Å². The third-order valence-electron chi connectivity index (χ3n) is 3.88. The van der Waals surface area contributed by atoms with Crippen LogP contribution in [0.1, 0.15) is 46.0 Å². The van der Waals surface area contributed by atoms with Gasteiger partial charge in [-0.3, -0.25) is 0 Å². The molecule has 1 N–H and O–H groups in total. The highest BCUT2D eigenvalue weighted by Crippen LogP contribution is 2.24. The van der Waals surface area contributed by atoms with Crippen molar-refractivity contribution in [1.29, 1.82) is 0 Å². The van der Waals surface area contributed by atoms with E-state index in [1.165, 1.54) is 11.3 Å². The number of aryl methyl sites for hydroxylation is 1. The van der Waals surface area contributed by atoms with Crippen LogP contribution in [0.3, 0.4) is 0 Å². The Morgan fingerprint density at radius 3 is 2.58 bits per heavy atom. The van der Waals surface area contributed by atoms with Gasteiger partial charge in [0.15, 0.2) is 0 Å². The molecule has 1 aromatic heterocycles. The number of aromatic nitrogens is 2. The Bertz CT molecular complexity index is 530. The van der Waals surface area contributed by atoms with Crippen molar-refractivity contribution in [2.24, 2.45) is 0 Å². The summed E-state index contributed by atoms with van der Waals surface area (Å²) in [6.07, 6.45) is 2.10. The van der Waals surface area contributed by atoms with Crippen LogP contribution in [0.4, 0.5) is 0 Å². The molecule has 0 aliphatic heterocycles. The lowest BCUT2D eigenvalue weighted by Gasteiger charge is -2.26. The van der Waals surface area contributed by atoms with E-state index in [4.69, 9.17) is 4.98 Å². The van der Waals surface area contributed by atoms with Crippen molar-refractivity contribution in [3.63, 3.8) is 0 Å². The summed E-state index contributed by atoms with van der Waals surface area (Å²) in [5.41, 5.74) is 2.36. The average molecular weight is 259 g/mol. The number of likely N-dealkylation sites (N-methyl/N-ethyl adjacent to an activating group) is 1. The van der Waals surface area contributed by atoms with Gasteiger partial charge in [-0.2, -0.15) is 0 Å². The Kier molecular flexibility index (Phi) is 4.59. The number of imidazole rings is 1. The van der Waals surface area contributed by atoms with Crippen LogP contribution >= 0.6 is 0 Å². The molecule has 0 fully saturated rings. The molecule has 0 spiro atoms. The van der Waals surface area contributed by atoms with E-state index < -0.39 is 0 Å². The Morgan fingerprint density at radius 2 is 1.95 bits per heavy atom. The Hall–Kier alpha value is -1.35. The summed E-state index contributed by atoms with van der Waals surface area (Å²) in [5, 5.41) is 3.59. The Morgan fingerprint density at radius 1 is 1.21 bits per heavy atom. The second kappa shape index (κ2) is 6.20. The molecule has 1 aromatic carbocycles. The van der Waals surface area contributed by atoms with Gasteiger partial charge in [0.2, 0.25) is 0 Å². The molecule has 3 nitrogen and oxygen atoms in total. The van der Waals surface area contributed by atoms with Crippen LogP contribution in [-0.4, -0.2) is 22.1 Å². The molecule has 1 heterocycles. The topological polar surface area (TPSA) is 29.9 Å². The quantitative estimate of drug-likeness (QED) is 0.860. The van der Waals surface area contributed by atoms with E-state index in [0.29, 0.717) is 12.1 Å². The lowest BCUT2D eigenvalue weighted by molar-refractivity contribution is 0.366. The van der Waals surface area contributed by atoms with Gasteiger partial charge in [-0.25, -0.2) is 4.98 Å². The molecule has 2 atom stereocenters. The summed E-state index contributed by atoms with van der Waals surface area (Å²) < 4.78 is 2.41. The second-order valence-electron chi connectivity index (χ2n) is 5.05. The fourth-order valence-electron chi connectivity index (χ4n) is 2.90. The molecule has 0 saturated heterocycles. The van der Waals surface area contributed by atoms with Crippen LogP contribution in [0.25, 0.3) is 11.0 Å². The molecule has 0 amide bonds. The molecule has 2 unspecified atom stereocenters. The number of hydrogen-bond acceptors (Lipinski definition) is 2. The molecule has 0 bridgehead atoms. The maximum atomic E-state index is 4.76. The van der Waals surface area contributed by atoms with E-state index in [1.807, 2.05) is 0 Å². The number of benzene rings is 1. The third kappa shape index (κ3) is 2.66. The summed E-state index contributed by atoms with van der Waals surface area (Å²) in [6, 6.07) is 9.36. The smallest absolute Gasteiger partial charge is 0.109 e. The Labute approximate surface area is 116 Å². The van der Waals surface area contributed by atoms with Crippen molar-refractivity contribution in [2.45, 2.75) is 52.6 Å². The molecule has 0 saturated carbocycles. The molecule has 19 heavy (non-hydrogen) atoms. The van der Waals surface area contributed by atoms with Crippen LogP contribution in [0.15, 0.2) is 24.3 Å². The minimum Gasteiger partial charge on any atom is -0.324 e. The lowest BCUT2D eigenvalue weighted by atomic mass is 10.1. The first-order valence-electron chi connectivity index (χ1n) is 7.42. The zero-order chi connectivity index (χ0) is 13.8. The van der Waals surface area contributed by atoms with Crippen molar-refractivity contribution < 1.29 is 0 Å². The minimum atomic E-state index is 0.423. The van der Waals surface area contributed by atoms with Crippen LogP contribution in [0, 0.1) is 0 Å². The number of hydrogen-bond donors (Lipinski definition) is 1. The normalized spacial score (nSPS) is 14.7. The predicted molar refractivity (Wildman–Crippen MR) is 81.6 cm³/mol. The number of nitrogens with zero attached hydrogens (tertiary/aromatic N) is 2. The van der Waals surface area contributed by atoms with Crippen molar-refractivity contribution in [3.8, 4) is 0 Å². The van der Waals surface area contributed by atoms with Crippen LogP contribution in [-0.2, 0) is 6.42 Å². The first-order chi connectivity index (χ1) is 9.22. The molecule has 0 aliphatic rings. The lowest BCUT2D eigenvalue weighted by Crippen LogP contribution is -2.36. The van der Waals surface area contributed by atoms with Gasteiger partial charge in [0.05, 0.1) is 11.0 Å². The number of nitrogens with one attached hydrogen (secondary N) is 1. The number of para-hydroxylation sites is 2. The molecule has 2 aromatic rings. The fourth-order valence-corrected chi connectivity index (χ4v) is 2.90. The van der Waals surface area contributed by atoms with Crippen molar-refractivity contribution in [1.82, 2.24) is 14.9 Å². The highest BCUT2D eigenvalue weighted by molar-refractivity contribution is 5.76. The minimum absolute atomic E-state index is 0.423. The van der Waals surface area contributed by atoms with Gasteiger partial charge in [-0.1, -0.05) is 32.9 Å². The summed E-state index contributed by atoms with van der Waals surface area (Å²) >= 11 is 0. The molecule has 0 aliphatic carbocycles. The largest absolute Gasteiger partial charge is 0.324 e. The predicted octanol–water partition coefficient (Wildman–Crippen LogP) is 3.55. The van der Waals surface area contributed by atoms with Gasteiger partial charge in [-0.15, -0.1) is 0 Å². The fraction of sp³-hybridized carbons (Fsp3) is 0.562. The summed E-state index contributed by atoms with van der Waals surface area (Å²) in [5.74, 6) is 1.19. The summed E-state index contributed by atoms with van der Waals surface area (Å²) in [7, 11) is 0. The van der Waals surface area contributed by atoms with Gasteiger partial charge < -0.3 is 9.88 Å². The molecular weight excluding hydrogens is 234 g/mol. The standard InChI is InChI=1S/C16H25N3/c1-5-13(17-7-3)12(4)19-15-11-9-8-10-14(15)18-16(19)6-2/h8-13,17H,5-7H2,1-4H3. The van der Waals surface area contributed by atoms with E-state index in [9.17, 15) is 0 Å². The Balaban J connectivity index is 2.47. The summed E-state index contributed by atoms with van der Waals surface area (Å²) in [4.78, 5) is 4.76. The highest BCUT2D eigenvalue weighted by atomic mass is 15.1. The maximum absolute atomic E-state index is 4.76. The van der Waals surface area contributed by atoms with Gasteiger partial charge in [0, 0.05) is 18.5 Å². The van der Waals surface area contributed by atoms with E-state index in [2.05, 4.69) is 61.8 Å². The van der Waals surface area contributed by atoms with Crippen LogP contribution in [0.5, 0.6) is 0 Å². The average Bonchev–Trinajstić information content (AvgIpc) is 2.82. The van der Waals surface area contributed by atoms with E-state index in [1.54, 1.807) is 0 Å². The van der Waals surface area contributed by atoms with Crippen molar-refractivity contribution in [2.75, 3.05) is 6.54 Å². The third-order valence-corrected chi connectivity index (χ3v) is 3.88. The van der Waals surface area contributed by atoms with Gasteiger partial charge in [-0.05, 0) is 32.0 Å². The maximum Gasteiger partial charge on any atom is 0.109 e. The first-order valence-corrected chi connectivity index (χ1v) is 7.42. The van der Waals surface area contributed by atoms with Crippen LogP contribution < -0.4 is 5.32 Å². The van der Waals surface area contributed by atoms with Gasteiger partial charge >= 0.3 is 0 Å².